The van der Waals surface area contributed by atoms with Gasteiger partial charge >= 0.3 is 0 Å². The average molecular weight is 430 g/mol. The van der Waals surface area contributed by atoms with Gasteiger partial charge in [0.2, 0.25) is 0 Å². The largest absolute Gasteiger partial charge is 0.316 e. The minimum Gasteiger partial charge on any atom is -0.316 e. The second-order valence-corrected chi connectivity index (χ2v) is 6.92. The summed E-state index contributed by atoms with van der Waals surface area (Å²) in [6.45, 7) is 1.49. The van der Waals surface area contributed by atoms with Crippen molar-refractivity contribution in [3.05, 3.63) is 33.6 Å². The SMILES string of the molecule is O=C(c1ccc(Cl)c(Cl)c1F)C1(CCI)CCCNC1. The summed E-state index contributed by atoms with van der Waals surface area (Å²) in [4.78, 5) is 12.8. The molecule has 1 saturated heterocycles. The van der Waals surface area contributed by atoms with Crippen LogP contribution in [0.1, 0.15) is 29.6 Å². The van der Waals surface area contributed by atoms with Crippen LogP contribution in [0.4, 0.5) is 4.39 Å². The van der Waals surface area contributed by atoms with Crippen molar-refractivity contribution < 1.29 is 9.18 Å². The minimum absolute atomic E-state index is 0.0490. The van der Waals surface area contributed by atoms with Gasteiger partial charge in [-0.3, -0.25) is 4.79 Å². The maximum absolute atomic E-state index is 14.2. The van der Waals surface area contributed by atoms with Crippen LogP contribution in [0.3, 0.4) is 0 Å². The second-order valence-electron chi connectivity index (χ2n) is 5.05. The topological polar surface area (TPSA) is 29.1 Å². The first-order valence-corrected chi connectivity index (χ1v) is 8.75. The van der Waals surface area contributed by atoms with Gasteiger partial charge in [-0.15, -0.1) is 0 Å². The Balaban J connectivity index is 2.40. The molecule has 0 amide bonds. The number of carbonyl (C=O) groups is 1. The van der Waals surface area contributed by atoms with Gasteiger partial charge in [0.05, 0.1) is 15.6 Å². The van der Waals surface area contributed by atoms with Gasteiger partial charge in [-0.25, -0.2) is 4.39 Å². The lowest BCUT2D eigenvalue weighted by Gasteiger charge is -2.36. The Morgan fingerprint density at radius 1 is 1.45 bits per heavy atom. The van der Waals surface area contributed by atoms with Crippen molar-refractivity contribution in [3.8, 4) is 0 Å². The van der Waals surface area contributed by atoms with Crippen molar-refractivity contribution in [2.75, 3.05) is 17.5 Å². The Kier molecular flexibility index (Phi) is 5.68. The standard InChI is InChI=1S/C14H15Cl2FINO/c15-10-3-2-9(12(17)11(10)16)13(20)14(5-6-18)4-1-7-19-8-14/h2-3,19H,1,4-8H2. The molecule has 0 aliphatic carbocycles. The van der Waals surface area contributed by atoms with Gasteiger partial charge in [0, 0.05) is 16.4 Å². The highest BCUT2D eigenvalue weighted by atomic mass is 127. The first-order chi connectivity index (χ1) is 9.52. The zero-order valence-electron chi connectivity index (χ0n) is 10.8. The van der Waals surface area contributed by atoms with Crippen LogP contribution in [0, 0.1) is 11.2 Å². The molecule has 20 heavy (non-hydrogen) atoms. The van der Waals surface area contributed by atoms with E-state index in [9.17, 15) is 9.18 Å². The Bertz CT molecular complexity index is 513. The van der Waals surface area contributed by atoms with Crippen LogP contribution in [0.5, 0.6) is 0 Å². The van der Waals surface area contributed by atoms with Gasteiger partial charge < -0.3 is 5.32 Å². The van der Waals surface area contributed by atoms with Crippen LogP contribution in [0.25, 0.3) is 0 Å². The molecular weight excluding hydrogens is 415 g/mol. The second kappa shape index (κ2) is 6.90. The van der Waals surface area contributed by atoms with E-state index in [1.807, 2.05) is 0 Å². The summed E-state index contributed by atoms with van der Waals surface area (Å²) in [6, 6.07) is 2.92. The van der Waals surface area contributed by atoms with E-state index in [1.165, 1.54) is 12.1 Å². The van der Waals surface area contributed by atoms with Gasteiger partial charge in [-0.1, -0.05) is 45.8 Å². The molecule has 0 bridgehead atoms. The number of nitrogens with one attached hydrogen (secondary N) is 1. The summed E-state index contributed by atoms with van der Waals surface area (Å²) >= 11 is 13.8. The maximum atomic E-state index is 14.2. The van der Waals surface area contributed by atoms with E-state index in [1.54, 1.807) is 0 Å². The van der Waals surface area contributed by atoms with Crippen LogP contribution in [0.15, 0.2) is 12.1 Å². The van der Waals surface area contributed by atoms with E-state index < -0.39 is 11.2 Å². The number of benzene rings is 1. The van der Waals surface area contributed by atoms with Gasteiger partial charge in [0.25, 0.3) is 0 Å². The van der Waals surface area contributed by atoms with Gasteiger partial charge in [-0.2, -0.15) is 0 Å². The summed E-state index contributed by atoms with van der Waals surface area (Å²) in [6.07, 6.45) is 2.44. The molecule has 1 fully saturated rings. The molecule has 1 N–H and O–H groups in total. The molecule has 1 atom stereocenters. The predicted octanol–water partition coefficient (Wildman–Crippen LogP) is 4.51. The highest BCUT2D eigenvalue weighted by Gasteiger charge is 2.40. The molecule has 1 aliphatic rings. The molecule has 0 saturated carbocycles. The first kappa shape index (κ1) is 16.5. The van der Waals surface area contributed by atoms with Crippen LogP contribution in [0.2, 0.25) is 10.0 Å². The fraction of sp³-hybridized carbons (Fsp3) is 0.500. The van der Waals surface area contributed by atoms with Crippen molar-refractivity contribution >= 4 is 51.6 Å². The average Bonchev–Trinajstić information content (AvgIpc) is 2.46. The lowest BCUT2D eigenvalue weighted by Crippen LogP contribution is -2.46. The maximum Gasteiger partial charge on any atom is 0.173 e. The van der Waals surface area contributed by atoms with E-state index in [2.05, 4.69) is 27.9 Å². The molecule has 2 rings (SSSR count). The summed E-state index contributed by atoms with van der Waals surface area (Å²) in [5, 5.41) is 3.21. The molecule has 2 nitrogen and oxygen atoms in total. The molecule has 6 heteroatoms. The lowest BCUT2D eigenvalue weighted by molar-refractivity contribution is 0.0729. The third kappa shape index (κ3) is 3.13. The quantitative estimate of drug-likeness (QED) is 0.330. The Morgan fingerprint density at radius 2 is 2.20 bits per heavy atom. The molecule has 1 aromatic carbocycles. The van der Waals surface area contributed by atoms with Gasteiger partial charge in [0.15, 0.2) is 11.6 Å². The molecule has 0 aromatic heterocycles. The van der Waals surface area contributed by atoms with Crippen molar-refractivity contribution in [1.29, 1.82) is 0 Å². The number of ketones is 1. The third-order valence-corrected chi connectivity index (χ3v) is 5.13. The van der Waals surface area contributed by atoms with Crippen molar-refractivity contribution in [3.63, 3.8) is 0 Å². The number of hydrogen-bond donors (Lipinski definition) is 1. The third-order valence-electron chi connectivity index (χ3n) is 3.81. The van der Waals surface area contributed by atoms with E-state index in [4.69, 9.17) is 23.2 Å². The molecular formula is C14H15Cl2FINO. The number of alkyl halides is 1. The van der Waals surface area contributed by atoms with Crippen LogP contribution in [-0.4, -0.2) is 23.3 Å². The number of Topliss-reactive ketones (excluding diaryl/α,β-unsaturated/α-hetero) is 1. The summed E-state index contributed by atoms with van der Waals surface area (Å²) in [5.41, 5.74) is -0.481. The molecule has 110 valence electrons. The Labute approximate surface area is 141 Å². The molecule has 1 aromatic rings. The van der Waals surface area contributed by atoms with E-state index in [0.29, 0.717) is 6.54 Å². The molecule has 0 radical (unpaired) electrons. The minimum atomic E-state index is -0.706. The number of rotatable bonds is 4. The highest BCUT2D eigenvalue weighted by Crippen LogP contribution is 2.37. The highest BCUT2D eigenvalue weighted by molar-refractivity contribution is 14.1. The molecule has 0 spiro atoms. The zero-order valence-corrected chi connectivity index (χ0v) is 14.5. The summed E-state index contributed by atoms with van der Waals surface area (Å²) in [7, 11) is 0. The molecule has 1 heterocycles. The predicted molar refractivity (Wildman–Crippen MR) is 88.8 cm³/mol. The summed E-state index contributed by atoms with van der Waals surface area (Å²) in [5.74, 6) is -0.875. The van der Waals surface area contributed by atoms with Crippen molar-refractivity contribution in [2.24, 2.45) is 5.41 Å². The van der Waals surface area contributed by atoms with E-state index in [0.717, 1.165) is 30.2 Å². The van der Waals surface area contributed by atoms with Gasteiger partial charge in [-0.05, 0) is 37.9 Å². The van der Waals surface area contributed by atoms with E-state index in [-0.39, 0.29) is 21.4 Å². The first-order valence-electron chi connectivity index (χ1n) is 6.47. The van der Waals surface area contributed by atoms with Crippen LogP contribution < -0.4 is 5.32 Å². The normalized spacial score (nSPS) is 22.8. The fourth-order valence-electron chi connectivity index (χ4n) is 2.66. The van der Waals surface area contributed by atoms with Crippen molar-refractivity contribution in [1.82, 2.24) is 5.32 Å². The van der Waals surface area contributed by atoms with Gasteiger partial charge in [0.1, 0.15) is 0 Å². The van der Waals surface area contributed by atoms with Crippen LogP contribution in [-0.2, 0) is 0 Å². The number of carbonyl (C=O) groups excluding carboxylic acids is 1. The fourth-order valence-corrected chi connectivity index (χ4v) is 4.00. The molecule has 1 aliphatic heterocycles. The van der Waals surface area contributed by atoms with Crippen molar-refractivity contribution in [2.45, 2.75) is 19.3 Å². The number of hydrogen-bond acceptors (Lipinski definition) is 2. The smallest absolute Gasteiger partial charge is 0.173 e. The van der Waals surface area contributed by atoms with Crippen LogP contribution >= 0.6 is 45.8 Å². The number of halogens is 4. The summed E-state index contributed by atoms with van der Waals surface area (Å²) < 4.78 is 15.1. The Morgan fingerprint density at radius 3 is 2.80 bits per heavy atom. The monoisotopic (exact) mass is 429 g/mol. The number of piperidine rings is 1. The van der Waals surface area contributed by atoms with E-state index >= 15 is 0 Å². The lowest BCUT2D eigenvalue weighted by atomic mass is 9.72. The Hall–Kier alpha value is 0.0900. The zero-order chi connectivity index (χ0) is 14.8. The molecule has 1 unspecified atom stereocenters.